The van der Waals surface area contributed by atoms with Gasteiger partial charge in [0.1, 0.15) is 5.54 Å². The van der Waals surface area contributed by atoms with Crippen molar-refractivity contribution in [3.8, 4) is 0 Å². The van der Waals surface area contributed by atoms with Gasteiger partial charge in [-0.05, 0) is 26.0 Å². The zero-order chi connectivity index (χ0) is 20.0. The second kappa shape index (κ2) is 6.56. The van der Waals surface area contributed by atoms with E-state index in [-0.39, 0.29) is 23.0 Å². The fourth-order valence-electron chi connectivity index (χ4n) is 2.98. The molecule has 0 unspecified atom stereocenters. The van der Waals surface area contributed by atoms with E-state index in [0.29, 0.717) is 22.4 Å². The fourth-order valence-corrected chi connectivity index (χ4v) is 3.68. The summed E-state index contributed by atoms with van der Waals surface area (Å²) in [6, 6.07) is 7.26. The largest absolute Gasteiger partial charge is 0.336 e. The molecule has 2 amide bonds. The first-order valence-corrected chi connectivity index (χ1v) is 9.59. The molecule has 0 bridgehead atoms. The van der Waals surface area contributed by atoms with Crippen molar-refractivity contribution in [2.45, 2.75) is 50.7 Å². The van der Waals surface area contributed by atoms with Crippen LogP contribution in [0.25, 0.3) is 0 Å². The normalized spacial score (nSPS) is 16.0. The van der Waals surface area contributed by atoms with Crippen molar-refractivity contribution in [3.05, 3.63) is 30.1 Å². The minimum absolute atomic E-state index is 0.0878. The number of rotatable bonds is 3. The predicted octanol–water partition coefficient (Wildman–Crippen LogP) is 2.15. The number of thioether (sulfide) groups is 1. The molecule has 1 aliphatic heterocycles. The van der Waals surface area contributed by atoms with Crippen LogP contribution in [0.1, 0.15) is 40.4 Å². The molecule has 144 valence electrons. The number of nitrogen functional groups attached to an aromatic ring is 1. The topological polar surface area (TPSA) is 106 Å². The first-order chi connectivity index (χ1) is 12.5. The first-order valence-electron chi connectivity index (χ1n) is 8.61. The number of carbonyl (C=O) groups is 2. The van der Waals surface area contributed by atoms with E-state index in [1.54, 1.807) is 19.9 Å². The van der Waals surface area contributed by atoms with Gasteiger partial charge in [-0.1, -0.05) is 44.7 Å². The lowest BCUT2D eigenvalue weighted by molar-refractivity contribution is -0.125. The molecule has 1 aromatic carbocycles. The van der Waals surface area contributed by atoms with Crippen LogP contribution in [0.2, 0.25) is 0 Å². The summed E-state index contributed by atoms with van der Waals surface area (Å²) in [5.74, 6) is 6.39. The first kappa shape index (κ1) is 19.2. The maximum Gasteiger partial charge on any atom is 0.250 e. The highest BCUT2D eigenvalue weighted by Crippen LogP contribution is 2.37. The van der Waals surface area contributed by atoms with Crippen molar-refractivity contribution >= 4 is 35.0 Å². The molecule has 0 atom stereocenters. The average Bonchev–Trinajstić information content (AvgIpc) is 2.94. The number of nitrogens with zero attached hydrogens (tertiary/aromatic N) is 4. The number of hydrogen-bond acceptors (Lipinski definition) is 6. The number of anilines is 2. The number of carbonyl (C=O) groups excluding carboxylic acids is 2. The van der Waals surface area contributed by atoms with Crippen LogP contribution in [-0.2, 0) is 15.0 Å². The van der Waals surface area contributed by atoms with Crippen LogP contribution in [0.3, 0.4) is 0 Å². The molecule has 2 heterocycles. The molecule has 0 saturated carbocycles. The van der Waals surface area contributed by atoms with Crippen molar-refractivity contribution in [3.63, 3.8) is 0 Å². The SMILES string of the molecule is CC(C)(C)c1nnc(SCC(=O)N2c3ccccc3NC(=O)C2(C)C)n1N. The molecule has 0 fully saturated rings. The van der Waals surface area contributed by atoms with Gasteiger partial charge in [-0.15, -0.1) is 10.2 Å². The van der Waals surface area contributed by atoms with E-state index in [1.165, 1.54) is 21.3 Å². The second-order valence-electron chi connectivity index (χ2n) is 7.97. The van der Waals surface area contributed by atoms with Crippen molar-refractivity contribution in [2.75, 3.05) is 21.8 Å². The Kier molecular flexibility index (Phi) is 4.67. The van der Waals surface area contributed by atoms with Gasteiger partial charge in [0.05, 0.1) is 17.1 Å². The molecule has 0 spiro atoms. The predicted molar refractivity (Wildman–Crippen MR) is 106 cm³/mol. The Labute approximate surface area is 162 Å². The summed E-state index contributed by atoms with van der Waals surface area (Å²) >= 11 is 1.20. The van der Waals surface area contributed by atoms with Crippen LogP contribution in [0, 0.1) is 0 Å². The third kappa shape index (κ3) is 3.39. The lowest BCUT2D eigenvalue weighted by Crippen LogP contribution is -2.59. The number of aromatic nitrogens is 3. The molecule has 3 rings (SSSR count). The summed E-state index contributed by atoms with van der Waals surface area (Å²) in [5.41, 5.74) is 0.0459. The number of para-hydroxylation sites is 2. The monoisotopic (exact) mass is 388 g/mol. The Balaban J connectivity index is 1.84. The van der Waals surface area contributed by atoms with Crippen LogP contribution in [0.4, 0.5) is 11.4 Å². The van der Waals surface area contributed by atoms with Crippen molar-refractivity contribution in [2.24, 2.45) is 0 Å². The van der Waals surface area contributed by atoms with Crippen LogP contribution >= 0.6 is 11.8 Å². The molecule has 8 nitrogen and oxygen atoms in total. The third-order valence-corrected chi connectivity index (χ3v) is 5.35. The van der Waals surface area contributed by atoms with Crippen molar-refractivity contribution in [1.29, 1.82) is 0 Å². The minimum Gasteiger partial charge on any atom is -0.336 e. The van der Waals surface area contributed by atoms with E-state index < -0.39 is 5.54 Å². The smallest absolute Gasteiger partial charge is 0.250 e. The summed E-state index contributed by atoms with van der Waals surface area (Å²) in [7, 11) is 0. The minimum atomic E-state index is -1.00. The number of benzene rings is 1. The molecule has 27 heavy (non-hydrogen) atoms. The van der Waals surface area contributed by atoms with Crippen molar-refractivity contribution in [1.82, 2.24) is 14.9 Å². The molecule has 1 aromatic heterocycles. The van der Waals surface area contributed by atoms with Gasteiger partial charge in [-0.3, -0.25) is 14.5 Å². The van der Waals surface area contributed by atoms with Gasteiger partial charge in [0.25, 0.3) is 0 Å². The molecule has 0 saturated heterocycles. The molecule has 1 aliphatic rings. The summed E-state index contributed by atoms with van der Waals surface area (Å²) in [6.45, 7) is 9.43. The van der Waals surface area contributed by atoms with Gasteiger partial charge in [-0.25, -0.2) is 4.68 Å². The van der Waals surface area contributed by atoms with Crippen LogP contribution in [-0.4, -0.2) is 38.0 Å². The third-order valence-electron chi connectivity index (χ3n) is 4.42. The standard InChI is InChI=1S/C18H24N6O2S/c1-17(2,3)14-21-22-16(24(14)19)27-10-13(25)23-12-9-7-6-8-11(12)20-15(26)18(23,4)5/h6-9H,10,19H2,1-5H3,(H,20,26). The Morgan fingerprint density at radius 3 is 2.56 bits per heavy atom. The van der Waals surface area contributed by atoms with Gasteiger partial charge in [-0.2, -0.15) is 0 Å². The molecular formula is C18H24N6O2S. The Hall–Kier alpha value is -2.55. The highest BCUT2D eigenvalue weighted by molar-refractivity contribution is 7.99. The lowest BCUT2D eigenvalue weighted by atomic mass is 9.96. The second-order valence-corrected chi connectivity index (χ2v) is 8.92. The zero-order valence-electron chi connectivity index (χ0n) is 16.1. The van der Waals surface area contributed by atoms with E-state index in [2.05, 4.69) is 15.5 Å². The maximum absolute atomic E-state index is 13.0. The van der Waals surface area contributed by atoms with Gasteiger partial charge in [0.2, 0.25) is 17.0 Å². The van der Waals surface area contributed by atoms with Crippen molar-refractivity contribution < 1.29 is 9.59 Å². The number of nitrogens with one attached hydrogen (secondary N) is 1. The van der Waals surface area contributed by atoms with Gasteiger partial charge in [0.15, 0.2) is 5.82 Å². The summed E-state index contributed by atoms with van der Waals surface area (Å²) in [6.07, 6.45) is 0. The van der Waals surface area contributed by atoms with E-state index in [0.717, 1.165) is 0 Å². The van der Waals surface area contributed by atoms with Crippen LogP contribution < -0.4 is 16.1 Å². The molecule has 2 aromatic rings. The maximum atomic E-state index is 13.0. The number of amides is 2. The fraction of sp³-hybridized carbons (Fsp3) is 0.444. The molecular weight excluding hydrogens is 364 g/mol. The van der Waals surface area contributed by atoms with Crippen LogP contribution in [0.15, 0.2) is 29.4 Å². The highest BCUT2D eigenvalue weighted by Gasteiger charge is 2.43. The molecule has 0 radical (unpaired) electrons. The van der Waals surface area contributed by atoms with E-state index in [1.807, 2.05) is 39.0 Å². The highest BCUT2D eigenvalue weighted by atomic mass is 32.2. The zero-order valence-corrected chi connectivity index (χ0v) is 16.9. The molecule has 9 heteroatoms. The van der Waals surface area contributed by atoms with Gasteiger partial charge >= 0.3 is 0 Å². The van der Waals surface area contributed by atoms with E-state index in [4.69, 9.17) is 5.84 Å². The van der Waals surface area contributed by atoms with E-state index >= 15 is 0 Å². The summed E-state index contributed by atoms with van der Waals surface area (Å²) in [4.78, 5) is 27.1. The van der Waals surface area contributed by atoms with E-state index in [9.17, 15) is 9.59 Å². The quantitative estimate of drug-likeness (QED) is 0.616. The number of hydrogen-bond donors (Lipinski definition) is 2. The van der Waals surface area contributed by atoms with Gasteiger partial charge in [0, 0.05) is 5.41 Å². The average molecular weight is 388 g/mol. The van der Waals surface area contributed by atoms with Crippen LogP contribution in [0.5, 0.6) is 0 Å². The molecule has 0 aliphatic carbocycles. The van der Waals surface area contributed by atoms with Gasteiger partial charge < -0.3 is 11.2 Å². The lowest BCUT2D eigenvalue weighted by Gasteiger charge is -2.42. The Bertz CT molecular complexity index is 899. The Morgan fingerprint density at radius 2 is 1.93 bits per heavy atom. The molecule has 3 N–H and O–H groups in total. The number of nitrogens with two attached hydrogens (primary N) is 1. The summed E-state index contributed by atoms with van der Waals surface area (Å²) in [5, 5.41) is 11.5. The Morgan fingerprint density at radius 1 is 1.26 bits per heavy atom. The summed E-state index contributed by atoms with van der Waals surface area (Å²) < 4.78 is 1.42. The number of fused-ring (bicyclic) bond motifs is 1.